The summed E-state index contributed by atoms with van der Waals surface area (Å²) in [6.45, 7) is 5.68. The summed E-state index contributed by atoms with van der Waals surface area (Å²) in [6, 6.07) is 12.1. The third kappa shape index (κ3) is 4.36. The first-order chi connectivity index (χ1) is 17.1. The number of carboxylic acid groups (broad SMARTS) is 1. The van der Waals surface area contributed by atoms with Crippen molar-refractivity contribution < 1.29 is 29.0 Å². The minimum absolute atomic E-state index is 0.0504. The summed E-state index contributed by atoms with van der Waals surface area (Å²) in [6.07, 6.45) is 1.41. The number of urea groups is 1. The lowest BCUT2D eigenvalue weighted by molar-refractivity contribution is -0.122. The number of para-hydroxylation sites is 2. The number of nitrogens with one attached hydrogen (secondary N) is 1. The number of rotatable bonds is 6. The molecule has 4 amide bonds. The molecule has 2 heterocycles. The molecular formula is C26H22ClN3O6. The van der Waals surface area contributed by atoms with Crippen LogP contribution >= 0.6 is 11.6 Å². The Morgan fingerprint density at radius 2 is 1.83 bits per heavy atom. The van der Waals surface area contributed by atoms with E-state index in [-0.39, 0.29) is 21.8 Å². The standard InChI is InChI=1S/C26H22ClN3O6/c1-4-36-22-8-6-5-7-21(22)30-24(32)19(23(31)28-26(30)35)12-16-11-14(2)29(15(16)3)17-9-10-20(27)18(13-17)25(33)34/h5-13H,4H2,1-3H3,(H,33,34)(H,28,31,35). The number of halogens is 1. The highest BCUT2D eigenvalue weighted by Gasteiger charge is 2.38. The highest BCUT2D eigenvalue weighted by molar-refractivity contribution is 6.39. The van der Waals surface area contributed by atoms with Gasteiger partial charge >= 0.3 is 12.0 Å². The third-order valence-corrected chi connectivity index (χ3v) is 6.05. The van der Waals surface area contributed by atoms with Crippen LogP contribution in [-0.4, -0.2) is 40.1 Å². The molecule has 2 aromatic carbocycles. The van der Waals surface area contributed by atoms with Crippen molar-refractivity contribution in [1.82, 2.24) is 9.88 Å². The molecule has 36 heavy (non-hydrogen) atoms. The molecule has 1 aromatic heterocycles. The van der Waals surface area contributed by atoms with Crippen molar-refractivity contribution in [3.63, 3.8) is 0 Å². The highest BCUT2D eigenvalue weighted by atomic mass is 35.5. The largest absolute Gasteiger partial charge is 0.492 e. The summed E-state index contributed by atoms with van der Waals surface area (Å²) >= 11 is 6.01. The van der Waals surface area contributed by atoms with E-state index in [0.717, 1.165) is 10.6 Å². The fourth-order valence-electron chi connectivity index (χ4n) is 4.10. The van der Waals surface area contributed by atoms with Crippen LogP contribution in [-0.2, 0) is 9.59 Å². The van der Waals surface area contributed by atoms with Crippen LogP contribution in [0.25, 0.3) is 11.8 Å². The molecule has 0 unspecified atom stereocenters. The SMILES string of the molecule is CCOc1ccccc1N1C(=O)NC(=O)C(=Cc2cc(C)n(-c3ccc(Cl)c(C(=O)O)c3)c2C)C1=O. The van der Waals surface area contributed by atoms with Gasteiger partial charge in [0.2, 0.25) is 0 Å². The number of carboxylic acids is 1. The molecule has 2 N–H and O–H groups in total. The van der Waals surface area contributed by atoms with Crippen molar-refractivity contribution in [3.8, 4) is 11.4 Å². The number of amides is 4. The number of hydrogen-bond donors (Lipinski definition) is 2. The van der Waals surface area contributed by atoms with Crippen molar-refractivity contribution in [2.24, 2.45) is 0 Å². The maximum absolute atomic E-state index is 13.4. The summed E-state index contributed by atoms with van der Waals surface area (Å²) in [7, 11) is 0. The number of aryl methyl sites for hydroxylation is 1. The van der Waals surface area contributed by atoms with Gasteiger partial charge in [-0.15, -0.1) is 0 Å². The van der Waals surface area contributed by atoms with E-state index < -0.39 is 23.8 Å². The van der Waals surface area contributed by atoms with Crippen LogP contribution in [0.5, 0.6) is 5.75 Å². The van der Waals surface area contributed by atoms with Gasteiger partial charge in [-0.3, -0.25) is 14.9 Å². The molecule has 0 aliphatic carbocycles. The van der Waals surface area contributed by atoms with Gasteiger partial charge in [-0.2, -0.15) is 0 Å². The molecule has 1 aliphatic rings. The minimum atomic E-state index is -1.16. The Morgan fingerprint density at radius 3 is 2.53 bits per heavy atom. The minimum Gasteiger partial charge on any atom is -0.492 e. The molecule has 0 spiro atoms. The smallest absolute Gasteiger partial charge is 0.337 e. The fourth-order valence-corrected chi connectivity index (χ4v) is 4.30. The van der Waals surface area contributed by atoms with E-state index in [0.29, 0.717) is 29.3 Å². The summed E-state index contributed by atoms with van der Waals surface area (Å²) in [4.78, 5) is 51.1. The zero-order valence-electron chi connectivity index (χ0n) is 19.7. The molecule has 1 aliphatic heterocycles. The van der Waals surface area contributed by atoms with Gasteiger partial charge in [0.15, 0.2) is 0 Å². The molecule has 1 saturated heterocycles. The number of imide groups is 2. The molecule has 9 nitrogen and oxygen atoms in total. The first kappa shape index (κ1) is 24.7. The van der Waals surface area contributed by atoms with Crippen LogP contribution in [0.1, 0.15) is 34.2 Å². The van der Waals surface area contributed by atoms with E-state index in [9.17, 15) is 24.3 Å². The van der Waals surface area contributed by atoms with E-state index in [4.69, 9.17) is 16.3 Å². The van der Waals surface area contributed by atoms with Crippen LogP contribution in [0, 0.1) is 13.8 Å². The molecule has 0 saturated carbocycles. The van der Waals surface area contributed by atoms with E-state index >= 15 is 0 Å². The summed E-state index contributed by atoms with van der Waals surface area (Å²) in [5.74, 6) is -2.44. The van der Waals surface area contributed by atoms with Crippen molar-refractivity contribution in [2.75, 3.05) is 11.5 Å². The lowest BCUT2D eigenvalue weighted by Crippen LogP contribution is -2.54. The number of benzene rings is 2. The highest BCUT2D eigenvalue weighted by Crippen LogP contribution is 2.32. The molecule has 0 bridgehead atoms. The number of carbonyl (C=O) groups excluding carboxylic acids is 3. The quantitative estimate of drug-likeness (QED) is 0.374. The normalized spacial score (nSPS) is 14.8. The molecule has 10 heteroatoms. The van der Waals surface area contributed by atoms with E-state index in [1.165, 1.54) is 18.2 Å². The van der Waals surface area contributed by atoms with E-state index in [1.54, 1.807) is 61.7 Å². The number of hydrogen-bond acceptors (Lipinski definition) is 5. The van der Waals surface area contributed by atoms with Crippen molar-refractivity contribution in [1.29, 1.82) is 0 Å². The Bertz CT molecular complexity index is 1460. The number of ether oxygens (including phenoxy) is 1. The second-order valence-electron chi connectivity index (χ2n) is 7.99. The van der Waals surface area contributed by atoms with Gasteiger partial charge in [0.1, 0.15) is 11.3 Å². The van der Waals surface area contributed by atoms with Crippen molar-refractivity contribution >= 4 is 47.2 Å². The summed E-state index contributed by atoms with van der Waals surface area (Å²) in [5.41, 5.74) is 2.42. The Balaban J connectivity index is 1.78. The van der Waals surface area contributed by atoms with Gasteiger partial charge in [0, 0.05) is 17.1 Å². The van der Waals surface area contributed by atoms with Crippen molar-refractivity contribution in [3.05, 3.63) is 81.6 Å². The van der Waals surface area contributed by atoms with Crippen LogP contribution < -0.4 is 15.0 Å². The monoisotopic (exact) mass is 507 g/mol. The lowest BCUT2D eigenvalue weighted by atomic mass is 10.1. The Morgan fingerprint density at radius 1 is 1.11 bits per heavy atom. The first-order valence-electron chi connectivity index (χ1n) is 11.0. The van der Waals surface area contributed by atoms with Crippen LogP contribution in [0.3, 0.4) is 0 Å². The van der Waals surface area contributed by atoms with Crippen LogP contribution in [0.15, 0.2) is 54.1 Å². The average Bonchev–Trinajstić information content (AvgIpc) is 3.10. The third-order valence-electron chi connectivity index (χ3n) is 5.72. The van der Waals surface area contributed by atoms with Gasteiger partial charge < -0.3 is 14.4 Å². The predicted octanol–water partition coefficient (Wildman–Crippen LogP) is 4.51. The summed E-state index contributed by atoms with van der Waals surface area (Å²) in [5, 5.41) is 11.7. The molecule has 184 valence electrons. The van der Waals surface area contributed by atoms with E-state index in [1.807, 2.05) is 0 Å². The second-order valence-corrected chi connectivity index (χ2v) is 8.40. The zero-order valence-corrected chi connectivity index (χ0v) is 20.4. The molecule has 0 atom stereocenters. The van der Waals surface area contributed by atoms with Crippen molar-refractivity contribution in [2.45, 2.75) is 20.8 Å². The number of aromatic nitrogens is 1. The van der Waals surface area contributed by atoms with Gasteiger partial charge in [-0.05, 0) is 68.8 Å². The molecular weight excluding hydrogens is 486 g/mol. The molecule has 3 aromatic rings. The summed E-state index contributed by atoms with van der Waals surface area (Å²) < 4.78 is 7.34. The number of anilines is 1. The Labute approximate surface area is 211 Å². The Kier molecular flexibility index (Phi) is 6.67. The molecule has 4 rings (SSSR count). The van der Waals surface area contributed by atoms with Gasteiger partial charge in [0.05, 0.1) is 22.9 Å². The lowest BCUT2D eigenvalue weighted by Gasteiger charge is -2.27. The Hall–Kier alpha value is -4.37. The average molecular weight is 508 g/mol. The van der Waals surface area contributed by atoms with Gasteiger partial charge in [-0.25, -0.2) is 14.5 Å². The second kappa shape index (κ2) is 9.71. The molecule has 1 fully saturated rings. The maximum atomic E-state index is 13.4. The number of barbiturate groups is 1. The van der Waals surface area contributed by atoms with Crippen LogP contribution in [0.2, 0.25) is 5.02 Å². The molecule has 0 radical (unpaired) electrons. The van der Waals surface area contributed by atoms with Gasteiger partial charge in [-0.1, -0.05) is 23.7 Å². The first-order valence-corrected chi connectivity index (χ1v) is 11.4. The predicted molar refractivity (Wildman–Crippen MR) is 134 cm³/mol. The van der Waals surface area contributed by atoms with Crippen LogP contribution in [0.4, 0.5) is 10.5 Å². The fraction of sp³-hybridized carbons (Fsp3) is 0.154. The van der Waals surface area contributed by atoms with E-state index in [2.05, 4.69) is 5.32 Å². The number of carbonyl (C=O) groups is 4. The number of aromatic carboxylic acids is 1. The van der Waals surface area contributed by atoms with Gasteiger partial charge in [0.25, 0.3) is 11.8 Å². The topological polar surface area (TPSA) is 118 Å². The number of nitrogens with zero attached hydrogens (tertiary/aromatic N) is 2. The zero-order chi connectivity index (χ0) is 26.1. The maximum Gasteiger partial charge on any atom is 0.337 e.